The molecule has 1 unspecified atom stereocenters. The molecule has 110 valence electrons. The number of para-hydroxylation sites is 1. The van der Waals surface area contributed by atoms with E-state index in [2.05, 4.69) is 16.0 Å². The highest BCUT2D eigenvalue weighted by Gasteiger charge is 2.32. The lowest BCUT2D eigenvalue weighted by Crippen LogP contribution is -2.53. The Hall–Kier alpha value is -2.37. The lowest BCUT2D eigenvalue weighted by atomic mass is 9.89. The first-order valence-electron chi connectivity index (χ1n) is 7.12. The standard InChI is InChI=1S/C15H17N3O3/c19-13-6-5-12(15(21)18-13)17-14(20)10-7-8-16-11-4-2-1-3-9(10)11/h1-4,10,12,16H,5-8H2,(H,17,20)(H,18,19,21)/t10?,12-/m0/s1. The van der Waals surface area contributed by atoms with E-state index >= 15 is 0 Å². The van der Waals surface area contributed by atoms with Crippen LogP contribution in [0, 0.1) is 0 Å². The molecule has 3 rings (SSSR count). The summed E-state index contributed by atoms with van der Waals surface area (Å²) in [5, 5.41) is 8.28. The maximum atomic E-state index is 12.5. The van der Waals surface area contributed by atoms with Crippen LogP contribution in [0.2, 0.25) is 0 Å². The summed E-state index contributed by atoms with van der Waals surface area (Å²) in [4.78, 5) is 35.3. The van der Waals surface area contributed by atoms with Gasteiger partial charge in [-0.2, -0.15) is 0 Å². The van der Waals surface area contributed by atoms with Crippen molar-refractivity contribution in [2.24, 2.45) is 0 Å². The number of hydrogen-bond donors (Lipinski definition) is 3. The molecule has 0 bridgehead atoms. The number of benzene rings is 1. The molecule has 2 aliphatic heterocycles. The van der Waals surface area contributed by atoms with Crippen LogP contribution in [0.3, 0.4) is 0 Å². The van der Waals surface area contributed by atoms with Crippen molar-refractivity contribution in [3.8, 4) is 0 Å². The quantitative estimate of drug-likeness (QED) is 0.692. The summed E-state index contributed by atoms with van der Waals surface area (Å²) in [6.07, 6.45) is 1.32. The Morgan fingerprint density at radius 3 is 2.81 bits per heavy atom. The zero-order valence-electron chi connectivity index (χ0n) is 11.5. The minimum Gasteiger partial charge on any atom is -0.385 e. The van der Waals surface area contributed by atoms with Crippen molar-refractivity contribution in [3.63, 3.8) is 0 Å². The fourth-order valence-corrected chi connectivity index (χ4v) is 2.84. The van der Waals surface area contributed by atoms with Crippen molar-refractivity contribution in [2.45, 2.75) is 31.2 Å². The third-order valence-corrected chi connectivity index (χ3v) is 3.96. The van der Waals surface area contributed by atoms with Gasteiger partial charge in [0.2, 0.25) is 17.7 Å². The molecule has 1 fully saturated rings. The Bertz CT molecular complexity index is 600. The fraction of sp³-hybridized carbons (Fsp3) is 0.400. The first-order valence-corrected chi connectivity index (χ1v) is 7.12. The Labute approximate surface area is 122 Å². The summed E-state index contributed by atoms with van der Waals surface area (Å²) < 4.78 is 0. The molecule has 2 heterocycles. The Kier molecular flexibility index (Phi) is 3.60. The molecule has 6 heteroatoms. The number of nitrogens with one attached hydrogen (secondary N) is 3. The van der Waals surface area contributed by atoms with Gasteiger partial charge in [0.25, 0.3) is 0 Å². The van der Waals surface area contributed by atoms with Crippen LogP contribution < -0.4 is 16.0 Å². The van der Waals surface area contributed by atoms with Crippen LogP contribution in [0.1, 0.15) is 30.7 Å². The average Bonchev–Trinajstić information content (AvgIpc) is 2.49. The van der Waals surface area contributed by atoms with Gasteiger partial charge in [-0.05, 0) is 24.5 Å². The van der Waals surface area contributed by atoms with Gasteiger partial charge in [0, 0.05) is 18.7 Å². The molecule has 6 nitrogen and oxygen atoms in total. The minimum absolute atomic E-state index is 0.154. The molecule has 0 aromatic heterocycles. The summed E-state index contributed by atoms with van der Waals surface area (Å²) in [7, 11) is 0. The summed E-state index contributed by atoms with van der Waals surface area (Å²) in [6, 6.07) is 7.08. The smallest absolute Gasteiger partial charge is 0.249 e. The van der Waals surface area contributed by atoms with Crippen LogP contribution in [-0.2, 0) is 14.4 Å². The molecule has 1 saturated heterocycles. The van der Waals surface area contributed by atoms with Gasteiger partial charge in [-0.1, -0.05) is 18.2 Å². The molecule has 2 aliphatic rings. The van der Waals surface area contributed by atoms with Gasteiger partial charge in [0.1, 0.15) is 6.04 Å². The molecule has 0 aliphatic carbocycles. The minimum atomic E-state index is -0.614. The number of anilines is 1. The Morgan fingerprint density at radius 2 is 2.00 bits per heavy atom. The molecule has 0 spiro atoms. The lowest BCUT2D eigenvalue weighted by molar-refractivity contribution is -0.137. The fourth-order valence-electron chi connectivity index (χ4n) is 2.84. The molecule has 1 aromatic carbocycles. The van der Waals surface area contributed by atoms with E-state index in [1.807, 2.05) is 24.3 Å². The molecule has 1 aromatic rings. The summed E-state index contributed by atoms with van der Waals surface area (Å²) in [5.74, 6) is -1.11. The second-order valence-electron chi connectivity index (χ2n) is 5.37. The number of carbonyl (C=O) groups is 3. The number of imide groups is 1. The number of rotatable bonds is 2. The van der Waals surface area contributed by atoms with E-state index in [9.17, 15) is 14.4 Å². The molecule has 21 heavy (non-hydrogen) atoms. The third-order valence-electron chi connectivity index (χ3n) is 3.96. The predicted octanol–water partition coefficient (Wildman–Crippen LogP) is 0.507. The molecule has 3 amide bonds. The van der Waals surface area contributed by atoms with Gasteiger partial charge in [-0.3, -0.25) is 19.7 Å². The largest absolute Gasteiger partial charge is 0.385 e. The van der Waals surface area contributed by atoms with Gasteiger partial charge in [0.15, 0.2) is 0 Å². The molecule has 3 N–H and O–H groups in total. The van der Waals surface area contributed by atoms with Crippen LogP contribution in [-0.4, -0.2) is 30.3 Å². The third kappa shape index (κ3) is 2.74. The number of amides is 3. The molecule has 0 saturated carbocycles. The molecular formula is C15H17N3O3. The second-order valence-corrected chi connectivity index (χ2v) is 5.37. The van der Waals surface area contributed by atoms with E-state index in [-0.39, 0.29) is 24.2 Å². The van der Waals surface area contributed by atoms with E-state index in [1.54, 1.807) is 0 Å². The highest BCUT2D eigenvalue weighted by Crippen LogP contribution is 2.31. The van der Waals surface area contributed by atoms with E-state index < -0.39 is 11.9 Å². The van der Waals surface area contributed by atoms with Crippen LogP contribution in [0.5, 0.6) is 0 Å². The SMILES string of the molecule is O=C1CC[C@H](NC(=O)C2CCNc3ccccc32)C(=O)N1. The first kappa shape index (κ1) is 13.6. The van der Waals surface area contributed by atoms with Gasteiger partial charge in [-0.15, -0.1) is 0 Å². The van der Waals surface area contributed by atoms with Gasteiger partial charge >= 0.3 is 0 Å². The number of fused-ring (bicyclic) bond motifs is 1. The van der Waals surface area contributed by atoms with Crippen molar-refractivity contribution in [1.82, 2.24) is 10.6 Å². The lowest BCUT2D eigenvalue weighted by Gasteiger charge is -2.28. The summed E-state index contributed by atoms with van der Waals surface area (Å²) in [6.45, 7) is 0.727. The van der Waals surface area contributed by atoms with Crippen molar-refractivity contribution in [1.29, 1.82) is 0 Å². The van der Waals surface area contributed by atoms with Crippen LogP contribution in [0.4, 0.5) is 5.69 Å². The topological polar surface area (TPSA) is 87.3 Å². The van der Waals surface area contributed by atoms with Crippen molar-refractivity contribution in [2.75, 3.05) is 11.9 Å². The molecule has 0 radical (unpaired) electrons. The van der Waals surface area contributed by atoms with Gasteiger partial charge < -0.3 is 10.6 Å². The number of hydrogen-bond acceptors (Lipinski definition) is 4. The Morgan fingerprint density at radius 1 is 1.19 bits per heavy atom. The number of carbonyl (C=O) groups excluding carboxylic acids is 3. The first-order chi connectivity index (χ1) is 10.1. The van der Waals surface area contributed by atoms with Crippen LogP contribution >= 0.6 is 0 Å². The molecule has 2 atom stereocenters. The Balaban J connectivity index is 1.72. The highest BCUT2D eigenvalue weighted by molar-refractivity contribution is 6.02. The maximum Gasteiger partial charge on any atom is 0.249 e. The van der Waals surface area contributed by atoms with Gasteiger partial charge in [0.05, 0.1) is 5.92 Å². The molecular weight excluding hydrogens is 270 g/mol. The normalized spacial score (nSPS) is 24.6. The zero-order chi connectivity index (χ0) is 14.8. The predicted molar refractivity (Wildman–Crippen MR) is 76.6 cm³/mol. The van der Waals surface area contributed by atoms with E-state index in [4.69, 9.17) is 0 Å². The van der Waals surface area contributed by atoms with Gasteiger partial charge in [-0.25, -0.2) is 0 Å². The average molecular weight is 287 g/mol. The monoisotopic (exact) mass is 287 g/mol. The van der Waals surface area contributed by atoms with Crippen LogP contribution in [0.15, 0.2) is 24.3 Å². The van der Waals surface area contributed by atoms with Crippen LogP contribution in [0.25, 0.3) is 0 Å². The second kappa shape index (κ2) is 5.55. The van der Waals surface area contributed by atoms with E-state index in [0.717, 1.165) is 17.8 Å². The van der Waals surface area contributed by atoms with Crippen molar-refractivity contribution in [3.05, 3.63) is 29.8 Å². The van der Waals surface area contributed by atoms with E-state index in [1.165, 1.54) is 0 Å². The zero-order valence-corrected chi connectivity index (χ0v) is 11.5. The highest BCUT2D eigenvalue weighted by atomic mass is 16.2. The van der Waals surface area contributed by atoms with Crippen molar-refractivity contribution < 1.29 is 14.4 Å². The van der Waals surface area contributed by atoms with E-state index in [0.29, 0.717) is 12.8 Å². The summed E-state index contributed by atoms with van der Waals surface area (Å²) in [5.41, 5.74) is 1.92. The maximum absolute atomic E-state index is 12.5. The number of piperidine rings is 1. The van der Waals surface area contributed by atoms with Crippen molar-refractivity contribution >= 4 is 23.4 Å². The summed E-state index contributed by atoms with van der Waals surface area (Å²) >= 11 is 0.